The predicted molar refractivity (Wildman–Crippen MR) is 83.4 cm³/mol. The van der Waals surface area contributed by atoms with E-state index < -0.39 is 5.97 Å². The normalized spacial score (nSPS) is 15.2. The Bertz CT molecular complexity index is 544. The van der Waals surface area contributed by atoms with E-state index in [1.54, 1.807) is 19.1 Å². The Hall–Kier alpha value is -1.79. The lowest BCUT2D eigenvalue weighted by Gasteiger charge is -2.23. The Labute approximate surface area is 134 Å². The van der Waals surface area contributed by atoms with Crippen molar-refractivity contribution in [1.29, 1.82) is 0 Å². The van der Waals surface area contributed by atoms with Crippen molar-refractivity contribution in [2.24, 2.45) is 0 Å². The zero-order valence-corrected chi connectivity index (χ0v) is 13.1. The van der Waals surface area contributed by atoms with Gasteiger partial charge in [0.15, 0.2) is 0 Å². The molecule has 0 bridgehead atoms. The lowest BCUT2D eigenvalue weighted by atomic mass is 10.1. The number of nitrogens with one attached hydrogen (secondary N) is 2. The van der Waals surface area contributed by atoms with Crippen molar-refractivity contribution in [3.8, 4) is 0 Å². The smallest absolute Gasteiger partial charge is 0.339 e. The zero-order chi connectivity index (χ0) is 15.9. The van der Waals surface area contributed by atoms with E-state index in [1.165, 1.54) is 6.07 Å². The molecule has 0 spiro atoms. The summed E-state index contributed by atoms with van der Waals surface area (Å²) in [7, 11) is 0. The number of urea groups is 1. The number of anilines is 1. The first-order valence-electron chi connectivity index (χ1n) is 7.22. The molecule has 1 aliphatic heterocycles. The Morgan fingerprint density at radius 1 is 1.36 bits per heavy atom. The lowest BCUT2D eigenvalue weighted by Crippen LogP contribution is -2.41. The summed E-state index contributed by atoms with van der Waals surface area (Å²) in [4.78, 5) is 23.7. The second kappa shape index (κ2) is 8.00. The minimum atomic E-state index is -0.513. The molecule has 0 unspecified atom stereocenters. The largest absolute Gasteiger partial charge is 0.462 e. The molecule has 0 saturated carbocycles. The first kappa shape index (κ1) is 16.6. The monoisotopic (exact) mass is 326 g/mol. The molecule has 0 aromatic heterocycles. The zero-order valence-electron chi connectivity index (χ0n) is 12.4. The van der Waals surface area contributed by atoms with E-state index in [1.807, 2.05) is 0 Å². The topological polar surface area (TPSA) is 76.7 Å². The van der Waals surface area contributed by atoms with Gasteiger partial charge >= 0.3 is 12.0 Å². The van der Waals surface area contributed by atoms with Crippen molar-refractivity contribution in [3.63, 3.8) is 0 Å². The highest BCUT2D eigenvalue weighted by molar-refractivity contribution is 6.33. The van der Waals surface area contributed by atoms with E-state index in [0.29, 0.717) is 18.9 Å². The van der Waals surface area contributed by atoms with E-state index >= 15 is 0 Å². The highest BCUT2D eigenvalue weighted by Crippen LogP contribution is 2.21. The number of carbonyl (C=O) groups excluding carboxylic acids is 2. The molecule has 0 radical (unpaired) electrons. The molecule has 6 nitrogen and oxygen atoms in total. The third-order valence-electron chi connectivity index (χ3n) is 3.28. The fraction of sp³-hybridized carbons (Fsp3) is 0.467. The van der Waals surface area contributed by atoms with Gasteiger partial charge in [0.1, 0.15) is 0 Å². The van der Waals surface area contributed by atoms with Crippen LogP contribution in [0.25, 0.3) is 0 Å². The third kappa shape index (κ3) is 4.61. The number of amides is 2. The van der Waals surface area contributed by atoms with Gasteiger partial charge < -0.3 is 20.1 Å². The summed E-state index contributed by atoms with van der Waals surface area (Å²) in [5.41, 5.74) is 0.712. The van der Waals surface area contributed by atoms with Gasteiger partial charge in [-0.1, -0.05) is 11.6 Å². The number of hydrogen-bond donors (Lipinski definition) is 2. The van der Waals surface area contributed by atoms with Crippen molar-refractivity contribution < 1.29 is 19.1 Å². The maximum atomic E-state index is 12.0. The molecule has 22 heavy (non-hydrogen) atoms. The SMILES string of the molecule is CCOC(=O)c1cc(NC(=O)NC2CCOCC2)ccc1Cl. The Kier molecular flexibility index (Phi) is 6.03. The molecule has 2 N–H and O–H groups in total. The number of hydrogen-bond acceptors (Lipinski definition) is 4. The van der Waals surface area contributed by atoms with Gasteiger partial charge in [-0.15, -0.1) is 0 Å². The molecule has 1 heterocycles. The van der Waals surface area contributed by atoms with Gasteiger partial charge in [0.25, 0.3) is 0 Å². The average molecular weight is 327 g/mol. The number of ether oxygens (including phenoxy) is 2. The fourth-order valence-electron chi connectivity index (χ4n) is 2.16. The van der Waals surface area contributed by atoms with Crippen LogP contribution in [0.1, 0.15) is 30.1 Å². The maximum Gasteiger partial charge on any atom is 0.339 e. The van der Waals surface area contributed by atoms with Crippen molar-refractivity contribution >= 4 is 29.3 Å². The van der Waals surface area contributed by atoms with Crippen LogP contribution in [-0.2, 0) is 9.47 Å². The Morgan fingerprint density at radius 2 is 2.09 bits per heavy atom. The molecule has 0 atom stereocenters. The van der Waals surface area contributed by atoms with Crippen LogP contribution in [0, 0.1) is 0 Å². The Morgan fingerprint density at radius 3 is 2.77 bits per heavy atom. The summed E-state index contributed by atoms with van der Waals surface area (Å²) in [6, 6.07) is 4.48. The summed E-state index contributed by atoms with van der Waals surface area (Å²) >= 11 is 5.98. The van der Waals surface area contributed by atoms with Crippen molar-refractivity contribution in [3.05, 3.63) is 28.8 Å². The first-order valence-corrected chi connectivity index (χ1v) is 7.60. The van der Waals surface area contributed by atoms with Crippen LogP contribution >= 0.6 is 11.6 Å². The second-order valence-electron chi connectivity index (χ2n) is 4.90. The van der Waals surface area contributed by atoms with Crippen LogP contribution in [0.3, 0.4) is 0 Å². The van der Waals surface area contributed by atoms with Crippen LogP contribution in [0.15, 0.2) is 18.2 Å². The number of carbonyl (C=O) groups is 2. The van der Waals surface area contributed by atoms with Crippen molar-refractivity contribution in [2.45, 2.75) is 25.8 Å². The molecular weight excluding hydrogens is 308 g/mol. The summed E-state index contributed by atoms with van der Waals surface area (Å²) in [5.74, 6) is -0.513. The van der Waals surface area contributed by atoms with Crippen molar-refractivity contribution in [2.75, 3.05) is 25.1 Å². The average Bonchev–Trinajstić information content (AvgIpc) is 2.50. The van der Waals surface area contributed by atoms with Gasteiger partial charge in [0.2, 0.25) is 0 Å². The molecule has 1 fully saturated rings. The third-order valence-corrected chi connectivity index (χ3v) is 3.61. The predicted octanol–water partition coefficient (Wildman–Crippen LogP) is 2.82. The van der Waals surface area contributed by atoms with E-state index in [2.05, 4.69) is 10.6 Å². The van der Waals surface area contributed by atoms with Crippen LogP contribution in [-0.4, -0.2) is 37.9 Å². The standard InChI is InChI=1S/C15H19ClN2O4/c1-2-22-14(19)12-9-11(3-4-13(12)16)18-15(20)17-10-5-7-21-8-6-10/h3-4,9-10H,2,5-8H2,1H3,(H2,17,18,20). The van der Waals surface area contributed by atoms with E-state index in [9.17, 15) is 9.59 Å². The van der Waals surface area contributed by atoms with Crippen LogP contribution in [0.5, 0.6) is 0 Å². The number of esters is 1. The quantitative estimate of drug-likeness (QED) is 0.834. The van der Waals surface area contributed by atoms with Crippen molar-refractivity contribution in [1.82, 2.24) is 5.32 Å². The van der Waals surface area contributed by atoms with Gasteiger partial charge in [-0.2, -0.15) is 0 Å². The van der Waals surface area contributed by atoms with Gasteiger partial charge in [-0.05, 0) is 38.0 Å². The molecular formula is C15H19ClN2O4. The van der Waals surface area contributed by atoms with E-state index in [4.69, 9.17) is 21.1 Å². The fourth-order valence-corrected chi connectivity index (χ4v) is 2.36. The number of benzene rings is 1. The lowest BCUT2D eigenvalue weighted by molar-refractivity contribution is 0.0526. The van der Waals surface area contributed by atoms with Gasteiger partial charge in [-0.25, -0.2) is 9.59 Å². The summed E-state index contributed by atoms with van der Waals surface area (Å²) in [5, 5.41) is 5.86. The minimum Gasteiger partial charge on any atom is -0.462 e. The second-order valence-corrected chi connectivity index (χ2v) is 5.31. The number of halogens is 1. The molecule has 7 heteroatoms. The molecule has 2 amide bonds. The van der Waals surface area contributed by atoms with Gasteiger partial charge in [0, 0.05) is 24.9 Å². The van der Waals surface area contributed by atoms with Crippen LogP contribution in [0.4, 0.5) is 10.5 Å². The summed E-state index contributed by atoms with van der Waals surface area (Å²) in [6.07, 6.45) is 1.59. The minimum absolute atomic E-state index is 0.102. The summed E-state index contributed by atoms with van der Waals surface area (Å²) in [6.45, 7) is 3.28. The highest BCUT2D eigenvalue weighted by Gasteiger charge is 2.17. The van der Waals surface area contributed by atoms with E-state index in [-0.39, 0.29) is 29.3 Å². The molecule has 1 aromatic carbocycles. The molecule has 1 aliphatic rings. The molecule has 1 aromatic rings. The molecule has 0 aliphatic carbocycles. The number of rotatable bonds is 4. The van der Waals surface area contributed by atoms with Crippen LogP contribution < -0.4 is 10.6 Å². The molecule has 1 saturated heterocycles. The first-order chi connectivity index (χ1) is 10.6. The van der Waals surface area contributed by atoms with Gasteiger partial charge in [0.05, 0.1) is 17.2 Å². The molecule has 2 rings (SSSR count). The van der Waals surface area contributed by atoms with Crippen LogP contribution in [0.2, 0.25) is 5.02 Å². The highest BCUT2D eigenvalue weighted by atomic mass is 35.5. The molecule has 120 valence electrons. The summed E-state index contributed by atoms with van der Waals surface area (Å²) < 4.78 is 10.2. The Balaban J connectivity index is 1.98. The maximum absolute atomic E-state index is 12.0. The van der Waals surface area contributed by atoms with E-state index in [0.717, 1.165) is 12.8 Å². The van der Waals surface area contributed by atoms with Gasteiger partial charge in [-0.3, -0.25) is 0 Å².